The average Bonchev–Trinajstić information content (AvgIpc) is 3.38. The molecule has 2 amide bonds. The molecule has 1 heterocycles. The number of carbonyl (C=O) groups excluding carboxylic acids is 2. The molecule has 0 saturated heterocycles. The lowest BCUT2D eigenvalue weighted by atomic mass is 10.2. The predicted octanol–water partition coefficient (Wildman–Crippen LogP) is 4.98. The number of phenolic OH excluding ortho intramolecular Hbond substituents is 1. The van der Waals surface area contributed by atoms with Crippen molar-refractivity contribution >= 4 is 44.6 Å². The molecule has 196 valence electrons. The second kappa shape index (κ2) is 11.1. The van der Waals surface area contributed by atoms with Gasteiger partial charge >= 0.3 is 0 Å². The molecule has 4 aromatic rings. The van der Waals surface area contributed by atoms with E-state index in [1.165, 1.54) is 35.3 Å². The number of nitrogens with zero attached hydrogens (tertiary/aromatic N) is 2. The van der Waals surface area contributed by atoms with Crippen LogP contribution in [0.1, 0.15) is 29.3 Å². The topological polar surface area (TPSA) is 130 Å². The highest BCUT2D eigenvalue weighted by Crippen LogP contribution is 2.34. The maximum Gasteiger partial charge on any atom is 0.258 e. The van der Waals surface area contributed by atoms with E-state index in [1.54, 1.807) is 26.0 Å². The van der Waals surface area contributed by atoms with E-state index in [2.05, 4.69) is 15.7 Å². The molecule has 3 aromatic carbocycles. The molecule has 11 heteroatoms. The van der Waals surface area contributed by atoms with Gasteiger partial charge in [0.15, 0.2) is 9.84 Å². The normalized spacial score (nSPS) is 12.1. The fraction of sp³-hybridized carbons (Fsp3) is 0.148. The van der Waals surface area contributed by atoms with Gasteiger partial charge in [0, 0.05) is 12.3 Å². The lowest BCUT2D eigenvalue weighted by Gasteiger charge is -2.18. The van der Waals surface area contributed by atoms with Gasteiger partial charge in [-0.2, -0.15) is 5.10 Å². The Kier molecular flexibility index (Phi) is 7.84. The summed E-state index contributed by atoms with van der Waals surface area (Å²) in [5, 5.41) is 18.4. The van der Waals surface area contributed by atoms with Crippen molar-refractivity contribution in [2.75, 3.05) is 10.6 Å². The number of benzene rings is 3. The van der Waals surface area contributed by atoms with Gasteiger partial charge in [-0.15, -0.1) is 0 Å². The van der Waals surface area contributed by atoms with Crippen molar-refractivity contribution in [3.63, 3.8) is 0 Å². The molecule has 0 spiro atoms. The Morgan fingerprint density at radius 3 is 2.45 bits per heavy atom. The first-order valence-corrected chi connectivity index (χ1v) is 13.6. The van der Waals surface area contributed by atoms with E-state index in [0.29, 0.717) is 0 Å². The quantitative estimate of drug-likeness (QED) is 0.264. The SMILES string of the molecule is CCC(C(=O)Nc1cc(O)c(NC(=O)c2cnn(-c3ccccc3)c2)cc1Cl)S(=O)(=O)c1cccc(C)c1. The first-order chi connectivity index (χ1) is 18.1. The number of nitrogens with one attached hydrogen (secondary N) is 2. The highest BCUT2D eigenvalue weighted by Gasteiger charge is 2.33. The molecule has 0 saturated carbocycles. The van der Waals surface area contributed by atoms with Crippen LogP contribution in [-0.2, 0) is 14.6 Å². The van der Waals surface area contributed by atoms with Crippen LogP contribution in [0, 0.1) is 6.92 Å². The van der Waals surface area contributed by atoms with Gasteiger partial charge in [-0.3, -0.25) is 9.59 Å². The van der Waals surface area contributed by atoms with Crippen LogP contribution in [-0.4, -0.2) is 40.4 Å². The molecule has 4 rings (SSSR count). The third-order valence-electron chi connectivity index (χ3n) is 5.81. The second-order valence-electron chi connectivity index (χ2n) is 8.56. The van der Waals surface area contributed by atoms with Gasteiger partial charge < -0.3 is 15.7 Å². The maximum absolute atomic E-state index is 13.1. The van der Waals surface area contributed by atoms with Gasteiger partial charge in [0.1, 0.15) is 11.0 Å². The maximum atomic E-state index is 13.1. The number of aromatic nitrogens is 2. The largest absolute Gasteiger partial charge is 0.506 e. The van der Waals surface area contributed by atoms with E-state index < -0.39 is 26.9 Å². The molecule has 0 bridgehead atoms. The first kappa shape index (κ1) is 26.9. The zero-order valence-electron chi connectivity index (χ0n) is 20.6. The standard InChI is InChI=1S/C27H25ClN4O5S/c1-3-25(38(36,37)20-11-7-8-17(2)12-20)27(35)30-22-14-24(33)23(13-21(22)28)31-26(34)18-15-29-32(16-18)19-9-5-4-6-10-19/h4-16,25,33H,3H2,1-2H3,(H,30,35)(H,31,34). The van der Waals surface area contributed by atoms with Gasteiger partial charge in [0.25, 0.3) is 5.91 Å². The number of amides is 2. The molecule has 38 heavy (non-hydrogen) atoms. The number of aromatic hydroxyl groups is 1. The second-order valence-corrected chi connectivity index (χ2v) is 11.1. The third kappa shape index (κ3) is 5.71. The van der Waals surface area contributed by atoms with Crippen molar-refractivity contribution in [1.29, 1.82) is 0 Å². The Morgan fingerprint density at radius 1 is 1.03 bits per heavy atom. The Bertz CT molecular complexity index is 1600. The number of carbonyl (C=O) groups is 2. The molecule has 9 nitrogen and oxygen atoms in total. The van der Waals surface area contributed by atoms with Gasteiger partial charge in [-0.1, -0.05) is 48.9 Å². The lowest BCUT2D eigenvalue weighted by Crippen LogP contribution is -2.34. The summed E-state index contributed by atoms with van der Waals surface area (Å²) in [4.78, 5) is 25.7. The number of anilines is 2. The summed E-state index contributed by atoms with van der Waals surface area (Å²) in [6.07, 6.45) is 2.95. The van der Waals surface area contributed by atoms with Crippen molar-refractivity contribution in [3.05, 3.63) is 95.3 Å². The van der Waals surface area contributed by atoms with E-state index in [4.69, 9.17) is 11.6 Å². The Labute approximate surface area is 225 Å². The van der Waals surface area contributed by atoms with Crippen LogP contribution in [0.15, 0.2) is 84.0 Å². The van der Waals surface area contributed by atoms with Crippen molar-refractivity contribution in [2.24, 2.45) is 0 Å². The summed E-state index contributed by atoms with van der Waals surface area (Å²) < 4.78 is 27.7. The van der Waals surface area contributed by atoms with Crippen LogP contribution in [0.25, 0.3) is 5.69 Å². The van der Waals surface area contributed by atoms with E-state index in [1.807, 2.05) is 30.3 Å². The fourth-order valence-electron chi connectivity index (χ4n) is 3.83. The molecule has 1 aromatic heterocycles. The fourth-order valence-corrected chi connectivity index (χ4v) is 5.77. The van der Waals surface area contributed by atoms with Crippen molar-refractivity contribution in [1.82, 2.24) is 9.78 Å². The van der Waals surface area contributed by atoms with E-state index >= 15 is 0 Å². The molecule has 0 fully saturated rings. The summed E-state index contributed by atoms with van der Waals surface area (Å²) in [5.74, 6) is -1.70. The summed E-state index contributed by atoms with van der Waals surface area (Å²) in [5.41, 5.74) is 1.77. The minimum atomic E-state index is -3.97. The highest BCUT2D eigenvalue weighted by molar-refractivity contribution is 7.92. The smallest absolute Gasteiger partial charge is 0.258 e. The van der Waals surface area contributed by atoms with Crippen LogP contribution in [0.5, 0.6) is 5.75 Å². The summed E-state index contributed by atoms with van der Waals surface area (Å²) in [6.45, 7) is 3.35. The minimum absolute atomic E-state index is 0.00181. The van der Waals surface area contributed by atoms with Gasteiger partial charge in [-0.25, -0.2) is 13.1 Å². The number of hydrogen-bond acceptors (Lipinski definition) is 6. The number of aryl methyl sites for hydroxylation is 1. The molecule has 0 radical (unpaired) electrons. The molecule has 1 atom stereocenters. The monoisotopic (exact) mass is 552 g/mol. The van der Waals surface area contributed by atoms with Crippen LogP contribution >= 0.6 is 11.6 Å². The van der Waals surface area contributed by atoms with E-state index in [9.17, 15) is 23.1 Å². The summed E-state index contributed by atoms with van der Waals surface area (Å²) in [6, 6.07) is 18.0. The molecule has 1 unspecified atom stereocenters. The highest BCUT2D eigenvalue weighted by atomic mass is 35.5. The Morgan fingerprint density at radius 2 is 1.76 bits per heavy atom. The third-order valence-corrected chi connectivity index (χ3v) is 8.33. The van der Waals surface area contributed by atoms with Crippen LogP contribution in [0.3, 0.4) is 0 Å². The van der Waals surface area contributed by atoms with Crippen molar-refractivity contribution in [2.45, 2.75) is 30.4 Å². The number of hydrogen-bond donors (Lipinski definition) is 3. The van der Waals surface area contributed by atoms with Crippen molar-refractivity contribution < 1.29 is 23.1 Å². The van der Waals surface area contributed by atoms with E-state index in [-0.39, 0.29) is 39.0 Å². The van der Waals surface area contributed by atoms with Crippen LogP contribution in [0.4, 0.5) is 11.4 Å². The summed E-state index contributed by atoms with van der Waals surface area (Å²) >= 11 is 6.32. The molecule has 0 aliphatic heterocycles. The Hall–Kier alpha value is -4.15. The van der Waals surface area contributed by atoms with Gasteiger partial charge in [0.2, 0.25) is 5.91 Å². The number of phenols is 1. The molecular formula is C27H25ClN4O5S. The molecule has 0 aliphatic rings. The van der Waals surface area contributed by atoms with Crippen LogP contribution < -0.4 is 10.6 Å². The van der Waals surface area contributed by atoms with Crippen molar-refractivity contribution in [3.8, 4) is 11.4 Å². The Balaban J connectivity index is 1.50. The molecule has 0 aliphatic carbocycles. The first-order valence-electron chi connectivity index (χ1n) is 11.7. The number of sulfone groups is 1. The zero-order chi connectivity index (χ0) is 27.4. The molecule has 3 N–H and O–H groups in total. The zero-order valence-corrected chi connectivity index (χ0v) is 22.1. The van der Waals surface area contributed by atoms with E-state index in [0.717, 1.165) is 17.3 Å². The number of halogens is 1. The average molecular weight is 553 g/mol. The predicted molar refractivity (Wildman–Crippen MR) is 146 cm³/mol. The van der Waals surface area contributed by atoms with Gasteiger partial charge in [-0.05, 0) is 49.2 Å². The van der Waals surface area contributed by atoms with Crippen LogP contribution in [0.2, 0.25) is 5.02 Å². The lowest BCUT2D eigenvalue weighted by molar-refractivity contribution is -0.115. The number of rotatable bonds is 8. The molecular weight excluding hydrogens is 528 g/mol. The summed E-state index contributed by atoms with van der Waals surface area (Å²) in [7, 11) is -3.97. The number of para-hydroxylation sites is 1. The minimum Gasteiger partial charge on any atom is -0.506 e. The van der Waals surface area contributed by atoms with Gasteiger partial charge in [0.05, 0.1) is 38.7 Å².